The van der Waals surface area contributed by atoms with Gasteiger partial charge in [-0.15, -0.1) is 0 Å². The van der Waals surface area contributed by atoms with E-state index in [0.717, 1.165) is 18.7 Å². The van der Waals surface area contributed by atoms with Crippen LogP contribution < -0.4 is 10.1 Å². The summed E-state index contributed by atoms with van der Waals surface area (Å²) in [4.78, 5) is 4.13. The fourth-order valence-electron chi connectivity index (χ4n) is 2.13. The Morgan fingerprint density at radius 1 is 1.39 bits per heavy atom. The highest BCUT2D eigenvalue weighted by Crippen LogP contribution is 2.27. The van der Waals surface area contributed by atoms with Crippen LogP contribution in [0.3, 0.4) is 0 Å². The Balaban J connectivity index is 1.48. The van der Waals surface area contributed by atoms with Gasteiger partial charge in [0, 0.05) is 19.9 Å². The molecule has 0 fully saturated rings. The first-order valence-electron chi connectivity index (χ1n) is 6.06. The predicted molar refractivity (Wildman–Crippen MR) is 65.3 cm³/mol. The van der Waals surface area contributed by atoms with Gasteiger partial charge in [-0.1, -0.05) is 23.4 Å². The lowest BCUT2D eigenvalue weighted by Gasteiger charge is -2.10. The van der Waals surface area contributed by atoms with Gasteiger partial charge in [0.2, 0.25) is 5.89 Å². The molecule has 0 aliphatic carbocycles. The van der Waals surface area contributed by atoms with Crippen molar-refractivity contribution < 1.29 is 9.26 Å². The zero-order valence-corrected chi connectivity index (χ0v) is 10.2. The van der Waals surface area contributed by atoms with Crippen molar-refractivity contribution in [3.63, 3.8) is 0 Å². The van der Waals surface area contributed by atoms with Gasteiger partial charge in [0.25, 0.3) is 0 Å². The Morgan fingerprint density at radius 3 is 3.06 bits per heavy atom. The SMILES string of the molecule is Cc1nc(CNCC2Cc3ccccc3O2)no1. The minimum atomic E-state index is 0.190. The Morgan fingerprint density at radius 2 is 2.28 bits per heavy atom. The number of hydrogen-bond donors (Lipinski definition) is 1. The van der Waals surface area contributed by atoms with Crippen molar-refractivity contribution in [3.8, 4) is 5.75 Å². The van der Waals surface area contributed by atoms with Crippen LogP contribution in [0.2, 0.25) is 0 Å². The van der Waals surface area contributed by atoms with Crippen LogP contribution in [0, 0.1) is 6.92 Å². The van der Waals surface area contributed by atoms with Gasteiger partial charge in [0.15, 0.2) is 5.82 Å². The summed E-state index contributed by atoms with van der Waals surface area (Å²) in [6.07, 6.45) is 1.14. The fourth-order valence-corrected chi connectivity index (χ4v) is 2.13. The van der Waals surface area contributed by atoms with Gasteiger partial charge in [0.1, 0.15) is 11.9 Å². The maximum Gasteiger partial charge on any atom is 0.223 e. The summed E-state index contributed by atoms with van der Waals surface area (Å²) in [5.74, 6) is 2.28. The van der Waals surface area contributed by atoms with Crippen LogP contribution in [-0.2, 0) is 13.0 Å². The molecule has 0 bridgehead atoms. The maximum absolute atomic E-state index is 5.82. The minimum absolute atomic E-state index is 0.190. The van der Waals surface area contributed by atoms with Crippen molar-refractivity contribution in [2.45, 2.75) is 26.0 Å². The normalized spacial score (nSPS) is 17.5. The summed E-state index contributed by atoms with van der Waals surface area (Å²) < 4.78 is 10.7. The largest absolute Gasteiger partial charge is 0.488 e. The summed E-state index contributed by atoms with van der Waals surface area (Å²) in [6.45, 7) is 3.17. The molecule has 2 aromatic rings. The molecule has 3 rings (SSSR count). The van der Waals surface area contributed by atoms with Crippen LogP contribution in [0.25, 0.3) is 0 Å². The Labute approximate surface area is 105 Å². The highest BCUT2D eigenvalue weighted by Gasteiger charge is 2.21. The molecule has 0 amide bonds. The molecule has 0 spiro atoms. The molecule has 1 unspecified atom stereocenters. The molecule has 1 aromatic carbocycles. The highest BCUT2D eigenvalue weighted by atomic mass is 16.5. The highest BCUT2D eigenvalue weighted by molar-refractivity contribution is 5.37. The number of aryl methyl sites for hydroxylation is 1. The van der Waals surface area contributed by atoms with Gasteiger partial charge in [-0.2, -0.15) is 4.98 Å². The van der Waals surface area contributed by atoms with Crippen molar-refractivity contribution in [2.24, 2.45) is 0 Å². The first kappa shape index (κ1) is 11.2. The summed E-state index contributed by atoms with van der Waals surface area (Å²) >= 11 is 0. The number of nitrogens with one attached hydrogen (secondary N) is 1. The molecular weight excluding hydrogens is 230 g/mol. The number of ether oxygens (including phenoxy) is 1. The molecule has 1 aliphatic heterocycles. The molecule has 5 nitrogen and oxygen atoms in total. The van der Waals surface area contributed by atoms with Gasteiger partial charge in [-0.3, -0.25) is 0 Å². The number of hydrogen-bond acceptors (Lipinski definition) is 5. The molecule has 0 saturated heterocycles. The van der Waals surface area contributed by atoms with E-state index >= 15 is 0 Å². The predicted octanol–water partition coefficient (Wildman–Crippen LogP) is 1.47. The van der Waals surface area contributed by atoms with E-state index in [4.69, 9.17) is 9.26 Å². The van der Waals surface area contributed by atoms with Crippen LogP contribution in [0.15, 0.2) is 28.8 Å². The molecule has 1 atom stereocenters. The number of para-hydroxylation sites is 1. The third-order valence-electron chi connectivity index (χ3n) is 2.94. The zero-order chi connectivity index (χ0) is 12.4. The van der Waals surface area contributed by atoms with E-state index < -0.39 is 0 Å². The van der Waals surface area contributed by atoms with E-state index in [1.165, 1.54) is 5.56 Å². The number of rotatable bonds is 4. The van der Waals surface area contributed by atoms with Crippen molar-refractivity contribution in [1.82, 2.24) is 15.5 Å². The van der Waals surface area contributed by atoms with Gasteiger partial charge in [-0.25, -0.2) is 0 Å². The van der Waals surface area contributed by atoms with Crippen LogP contribution in [-0.4, -0.2) is 22.8 Å². The van der Waals surface area contributed by atoms with Gasteiger partial charge in [0.05, 0.1) is 6.54 Å². The van der Waals surface area contributed by atoms with Crippen molar-refractivity contribution in [2.75, 3.05) is 6.54 Å². The molecule has 1 aliphatic rings. The van der Waals surface area contributed by atoms with Crippen LogP contribution in [0.4, 0.5) is 0 Å². The summed E-state index contributed by atoms with van der Waals surface area (Å²) in [7, 11) is 0. The smallest absolute Gasteiger partial charge is 0.223 e. The number of aromatic nitrogens is 2. The first-order chi connectivity index (χ1) is 8.81. The Kier molecular flexibility index (Phi) is 2.98. The van der Waals surface area contributed by atoms with E-state index in [1.807, 2.05) is 18.2 Å². The van der Waals surface area contributed by atoms with Crippen LogP contribution in [0.5, 0.6) is 5.75 Å². The van der Waals surface area contributed by atoms with Crippen molar-refractivity contribution in [3.05, 3.63) is 41.5 Å². The summed E-state index contributed by atoms with van der Waals surface area (Å²) in [6, 6.07) is 8.16. The third kappa shape index (κ3) is 2.36. The second kappa shape index (κ2) is 4.78. The van der Waals surface area contributed by atoms with E-state index in [9.17, 15) is 0 Å². The fraction of sp³-hybridized carbons (Fsp3) is 0.385. The number of benzene rings is 1. The lowest BCUT2D eigenvalue weighted by Crippen LogP contribution is -2.30. The molecule has 0 radical (unpaired) electrons. The number of nitrogens with zero attached hydrogens (tertiary/aromatic N) is 2. The molecule has 1 N–H and O–H groups in total. The lowest BCUT2D eigenvalue weighted by molar-refractivity contribution is 0.226. The Hall–Kier alpha value is -1.88. The molecule has 18 heavy (non-hydrogen) atoms. The standard InChI is InChI=1S/C13H15N3O2/c1-9-15-13(16-18-9)8-14-7-11-6-10-4-2-3-5-12(10)17-11/h2-5,11,14H,6-8H2,1H3. The van der Waals surface area contributed by atoms with E-state index in [1.54, 1.807) is 6.92 Å². The zero-order valence-electron chi connectivity index (χ0n) is 10.2. The average Bonchev–Trinajstić information content (AvgIpc) is 2.95. The lowest BCUT2D eigenvalue weighted by atomic mass is 10.1. The van der Waals surface area contributed by atoms with Gasteiger partial charge < -0.3 is 14.6 Å². The molecule has 94 valence electrons. The second-order valence-corrected chi connectivity index (χ2v) is 4.41. The molecule has 2 heterocycles. The topological polar surface area (TPSA) is 60.2 Å². The van der Waals surface area contributed by atoms with E-state index in [0.29, 0.717) is 18.3 Å². The van der Waals surface area contributed by atoms with Gasteiger partial charge in [-0.05, 0) is 11.6 Å². The molecule has 0 saturated carbocycles. The van der Waals surface area contributed by atoms with Crippen LogP contribution >= 0.6 is 0 Å². The second-order valence-electron chi connectivity index (χ2n) is 4.41. The monoisotopic (exact) mass is 245 g/mol. The van der Waals surface area contributed by atoms with E-state index in [2.05, 4.69) is 21.5 Å². The molecule has 1 aromatic heterocycles. The number of fused-ring (bicyclic) bond motifs is 1. The first-order valence-corrected chi connectivity index (χ1v) is 6.06. The van der Waals surface area contributed by atoms with Crippen LogP contribution in [0.1, 0.15) is 17.3 Å². The quantitative estimate of drug-likeness (QED) is 0.884. The molecular formula is C13H15N3O2. The Bertz CT molecular complexity index is 514. The van der Waals surface area contributed by atoms with Crippen molar-refractivity contribution >= 4 is 0 Å². The summed E-state index contributed by atoms with van der Waals surface area (Å²) in [5.41, 5.74) is 1.28. The summed E-state index contributed by atoms with van der Waals surface area (Å²) in [5, 5.41) is 7.11. The van der Waals surface area contributed by atoms with Crippen molar-refractivity contribution in [1.29, 1.82) is 0 Å². The molecule has 5 heteroatoms. The van der Waals surface area contributed by atoms with E-state index in [-0.39, 0.29) is 6.10 Å². The maximum atomic E-state index is 5.82. The minimum Gasteiger partial charge on any atom is -0.488 e. The third-order valence-corrected chi connectivity index (χ3v) is 2.94. The average molecular weight is 245 g/mol. The van der Waals surface area contributed by atoms with Gasteiger partial charge >= 0.3 is 0 Å².